The van der Waals surface area contributed by atoms with E-state index in [9.17, 15) is 4.79 Å². The maximum absolute atomic E-state index is 11.0. The molecular formula is C11H20O3. The first-order chi connectivity index (χ1) is 6.74. The molecule has 3 heteroatoms. The van der Waals surface area contributed by atoms with Gasteiger partial charge in [-0.1, -0.05) is 32.4 Å². The fourth-order valence-electron chi connectivity index (χ4n) is 1.10. The van der Waals surface area contributed by atoms with E-state index in [1.165, 1.54) is 0 Å². The molecular weight excluding hydrogens is 180 g/mol. The van der Waals surface area contributed by atoms with Crippen molar-refractivity contribution in [3.8, 4) is 0 Å². The second kappa shape index (κ2) is 8.60. The van der Waals surface area contributed by atoms with Gasteiger partial charge in [-0.3, -0.25) is 0 Å². The summed E-state index contributed by atoms with van der Waals surface area (Å²) in [4.78, 5) is 11.0. The third kappa shape index (κ3) is 6.52. The Balaban J connectivity index is 3.67. The maximum Gasteiger partial charge on any atom is 0.508 e. The van der Waals surface area contributed by atoms with Crippen molar-refractivity contribution in [3.63, 3.8) is 0 Å². The lowest BCUT2D eigenvalue weighted by Gasteiger charge is -2.12. The molecule has 0 aromatic heterocycles. The number of unbranched alkanes of at least 4 members (excludes halogenated alkanes) is 2. The molecule has 0 amide bonds. The van der Waals surface area contributed by atoms with Crippen molar-refractivity contribution >= 4 is 6.16 Å². The van der Waals surface area contributed by atoms with Gasteiger partial charge in [0, 0.05) is 0 Å². The molecule has 82 valence electrons. The van der Waals surface area contributed by atoms with Crippen molar-refractivity contribution in [1.29, 1.82) is 0 Å². The third-order valence-corrected chi connectivity index (χ3v) is 1.86. The topological polar surface area (TPSA) is 35.5 Å². The molecule has 0 spiro atoms. The van der Waals surface area contributed by atoms with Crippen molar-refractivity contribution in [1.82, 2.24) is 0 Å². The number of rotatable bonds is 7. The van der Waals surface area contributed by atoms with Crippen LogP contribution in [-0.2, 0) is 9.47 Å². The van der Waals surface area contributed by atoms with Gasteiger partial charge < -0.3 is 9.47 Å². The lowest BCUT2D eigenvalue weighted by molar-refractivity contribution is 0.0377. The van der Waals surface area contributed by atoms with Crippen LogP contribution in [-0.4, -0.2) is 18.9 Å². The number of ether oxygens (including phenoxy) is 2. The predicted octanol–water partition coefficient (Wildman–Crippen LogP) is 3.29. The summed E-state index contributed by atoms with van der Waals surface area (Å²) in [5.41, 5.74) is 0. The van der Waals surface area contributed by atoms with E-state index in [2.05, 4.69) is 18.2 Å². The van der Waals surface area contributed by atoms with E-state index >= 15 is 0 Å². The lowest BCUT2D eigenvalue weighted by Crippen LogP contribution is -2.16. The summed E-state index contributed by atoms with van der Waals surface area (Å²) in [6.45, 7) is 7.85. The van der Waals surface area contributed by atoms with Crippen molar-refractivity contribution < 1.29 is 14.3 Å². The van der Waals surface area contributed by atoms with Gasteiger partial charge in [0.2, 0.25) is 0 Å². The van der Waals surface area contributed by atoms with Crippen molar-refractivity contribution in [2.24, 2.45) is 0 Å². The second-order valence-electron chi connectivity index (χ2n) is 3.07. The first-order valence-electron chi connectivity index (χ1n) is 5.20. The summed E-state index contributed by atoms with van der Waals surface area (Å²) in [7, 11) is 0. The number of carbonyl (C=O) groups is 1. The van der Waals surface area contributed by atoms with E-state index in [1.54, 1.807) is 13.0 Å². The Morgan fingerprint density at radius 3 is 2.64 bits per heavy atom. The van der Waals surface area contributed by atoms with Gasteiger partial charge in [-0.05, 0) is 19.8 Å². The smallest absolute Gasteiger partial charge is 0.435 e. The van der Waals surface area contributed by atoms with E-state index < -0.39 is 6.16 Å². The summed E-state index contributed by atoms with van der Waals surface area (Å²) in [5, 5.41) is 0. The SMILES string of the molecule is C=CC(CCCCC)OC(=O)OCC. The van der Waals surface area contributed by atoms with Gasteiger partial charge >= 0.3 is 6.16 Å². The zero-order chi connectivity index (χ0) is 10.8. The molecule has 0 aliphatic carbocycles. The van der Waals surface area contributed by atoms with Crippen LogP contribution in [0.4, 0.5) is 4.79 Å². The average Bonchev–Trinajstić information content (AvgIpc) is 2.17. The maximum atomic E-state index is 11.0. The zero-order valence-electron chi connectivity index (χ0n) is 9.12. The molecule has 0 saturated carbocycles. The van der Waals surface area contributed by atoms with Crippen LogP contribution >= 0.6 is 0 Å². The quantitative estimate of drug-likeness (QED) is 0.359. The minimum atomic E-state index is -0.603. The highest BCUT2D eigenvalue weighted by Crippen LogP contribution is 2.08. The standard InChI is InChI=1S/C11H20O3/c1-4-7-8-9-10(5-2)14-11(12)13-6-3/h5,10H,2,4,6-9H2,1,3H3. The fraction of sp³-hybridized carbons (Fsp3) is 0.727. The van der Waals surface area contributed by atoms with Crippen LogP contribution in [0.5, 0.6) is 0 Å². The number of hydrogen-bond acceptors (Lipinski definition) is 3. The van der Waals surface area contributed by atoms with Crippen LogP contribution in [0.1, 0.15) is 39.5 Å². The second-order valence-corrected chi connectivity index (χ2v) is 3.07. The van der Waals surface area contributed by atoms with Gasteiger partial charge in [0.25, 0.3) is 0 Å². The average molecular weight is 200 g/mol. The van der Waals surface area contributed by atoms with Gasteiger partial charge in [-0.15, -0.1) is 0 Å². The van der Waals surface area contributed by atoms with Crippen LogP contribution in [0.2, 0.25) is 0 Å². The summed E-state index contributed by atoms with van der Waals surface area (Å²) in [5.74, 6) is 0. The minimum Gasteiger partial charge on any atom is -0.435 e. The van der Waals surface area contributed by atoms with Crippen LogP contribution in [0.3, 0.4) is 0 Å². The van der Waals surface area contributed by atoms with Crippen LogP contribution < -0.4 is 0 Å². The molecule has 0 rings (SSSR count). The Hall–Kier alpha value is -0.990. The highest BCUT2D eigenvalue weighted by Gasteiger charge is 2.10. The number of hydrogen-bond donors (Lipinski definition) is 0. The molecule has 0 fully saturated rings. The molecule has 0 aromatic rings. The molecule has 0 radical (unpaired) electrons. The molecule has 1 unspecified atom stereocenters. The molecule has 0 aromatic carbocycles. The largest absolute Gasteiger partial charge is 0.508 e. The van der Waals surface area contributed by atoms with E-state index in [4.69, 9.17) is 4.74 Å². The molecule has 0 aliphatic rings. The molecule has 0 N–H and O–H groups in total. The summed E-state index contributed by atoms with van der Waals surface area (Å²) in [6, 6.07) is 0. The highest BCUT2D eigenvalue weighted by atomic mass is 16.7. The van der Waals surface area contributed by atoms with Gasteiger partial charge in [0.05, 0.1) is 6.61 Å². The molecule has 0 bridgehead atoms. The molecule has 0 aliphatic heterocycles. The lowest BCUT2D eigenvalue weighted by atomic mass is 10.1. The van der Waals surface area contributed by atoms with Crippen LogP contribution in [0, 0.1) is 0 Å². The van der Waals surface area contributed by atoms with Gasteiger partial charge in [0.15, 0.2) is 0 Å². The monoisotopic (exact) mass is 200 g/mol. The first-order valence-corrected chi connectivity index (χ1v) is 5.20. The summed E-state index contributed by atoms with van der Waals surface area (Å²) in [6.07, 6.45) is 5.02. The van der Waals surface area contributed by atoms with Gasteiger partial charge in [-0.25, -0.2) is 4.79 Å². The Bertz CT molecular complexity index is 166. The van der Waals surface area contributed by atoms with E-state index in [1.807, 2.05) is 0 Å². The van der Waals surface area contributed by atoms with Gasteiger partial charge in [0.1, 0.15) is 6.10 Å². The van der Waals surface area contributed by atoms with Crippen molar-refractivity contribution in [2.45, 2.75) is 45.6 Å². The Kier molecular flexibility index (Phi) is 7.99. The number of carbonyl (C=O) groups excluding carboxylic acids is 1. The Labute approximate surface area is 86.1 Å². The van der Waals surface area contributed by atoms with Crippen molar-refractivity contribution in [3.05, 3.63) is 12.7 Å². The Morgan fingerprint density at radius 1 is 1.43 bits per heavy atom. The zero-order valence-corrected chi connectivity index (χ0v) is 9.12. The van der Waals surface area contributed by atoms with E-state index in [-0.39, 0.29) is 6.10 Å². The normalized spacial score (nSPS) is 11.9. The Morgan fingerprint density at radius 2 is 2.14 bits per heavy atom. The van der Waals surface area contributed by atoms with Gasteiger partial charge in [-0.2, -0.15) is 0 Å². The van der Waals surface area contributed by atoms with E-state index in [0.29, 0.717) is 6.61 Å². The predicted molar refractivity (Wildman–Crippen MR) is 56.2 cm³/mol. The molecule has 1 atom stereocenters. The fourth-order valence-corrected chi connectivity index (χ4v) is 1.10. The highest BCUT2D eigenvalue weighted by molar-refractivity contribution is 5.60. The molecule has 0 saturated heterocycles. The molecule has 0 heterocycles. The van der Waals surface area contributed by atoms with Crippen LogP contribution in [0.25, 0.3) is 0 Å². The minimum absolute atomic E-state index is 0.208. The third-order valence-electron chi connectivity index (χ3n) is 1.86. The van der Waals surface area contributed by atoms with Crippen molar-refractivity contribution in [2.75, 3.05) is 6.61 Å². The summed E-state index contributed by atoms with van der Waals surface area (Å²) < 4.78 is 9.68. The molecule has 14 heavy (non-hydrogen) atoms. The first kappa shape index (κ1) is 13.0. The van der Waals surface area contributed by atoms with Crippen LogP contribution in [0.15, 0.2) is 12.7 Å². The van der Waals surface area contributed by atoms with E-state index in [0.717, 1.165) is 25.7 Å². The summed E-state index contributed by atoms with van der Waals surface area (Å²) >= 11 is 0. The molecule has 3 nitrogen and oxygen atoms in total.